The molecular formula is C18H16N4O4S. The van der Waals surface area contributed by atoms with Crippen molar-refractivity contribution in [1.82, 2.24) is 9.97 Å². The Hall–Kier alpha value is -3.46. The molecule has 0 fully saturated rings. The Balaban J connectivity index is 1.74. The number of carbonyl (C=O) groups excluding carboxylic acids is 2. The fraction of sp³-hybridized carbons (Fsp3) is 0.111. The minimum Gasteiger partial charge on any atom is -0.508 e. The molecule has 0 aliphatic carbocycles. The summed E-state index contributed by atoms with van der Waals surface area (Å²) in [6, 6.07) is 6.12. The van der Waals surface area contributed by atoms with Crippen molar-refractivity contribution < 1.29 is 19.8 Å². The molecule has 2 aromatic heterocycles. The third kappa shape index (κ3) is 3.87. The number of aryl methyl sites for hydroxylation is 1. The zero-order chi connectivity index (χ0) is 19.6. The number of amides is 2. The minimum atomic E-state index is -0.630. The monoisotopic (exact) mass is 384 g/mol. The normalized spacial score (nSPS) is 10.4. The number of benzene rings is 1. The lowest BCUT2D eigenvalue weighted by Gasteiger charge is -2.11. The number of anilines is 2. The molecule has 0 unspecified atom stereocenters. The molecule has 0 aliphatic rings. The highest BCUT2D eigenvalue weighted by atomic mass is 32.1. The SMILES string of the molecule is Cc1ccc(O)c(C)c1NC(=O)c1cnc(NC(=O)c2ncccc2O)s1. The molecule has 9 heteroatoms. The first-order valence-corrected chi connectivity index (χ1v) is 8.70. The maximum Gasteiger partial charge on any atom is 0.279 e. The topological polar surface area (TPSA) is 124 Å². The number of nitrogens with one attached hydrogen (secondary N) is 2. The molecule has 3 rings (SSSR count). The van der Waals surface area contributed by atoms with Crippen LogP contribution < -0.4 is 10.6 Å². The average Bonchev–Trinajstić information content (AvgIpc) is 3.10. The smallest absolute Gasteiger partial charge is 0.279 e. The van der Waals surface area contributed by atoms with E-state index in [2.05, 4.69) is 20.6 Å². The zero-order valence-electron chi connectivity index (χ0n) is 14.5. The highest BCUT2D eigenvalue weighted by Gasteiger charge is 2.17. The second-order valence-electron chi connectivity index (χ2n) is 5.71. The first-order valence-electron chi connectivity index (χ1n) is 7.88. The van der Waals surface area contributed by atoms with Crippen molar-refractivity contribution >= 4 is 34.0 Å². The molecule has 1 aromatic carbocycles. The Morgan fingerprint density at radius 1 is 1.00 bits per heavy atom. The molecule has 3 aromatic rings. The number of aromatic hydroxyl groups is 2. The second-order valence-corrected chi connectivity index (χ2v) is 6.74. The Morgan fingerprint density at radius 2 is 1.78 bits per heavy atom. The van der Waals surface area contributed by atoms with E-state index in [1.807, 2.05) is 6.92 Å². The average molecular weight is 384 g/mol. The van der Waals surface area contributed by atoms with Gasteiger partial charge < -0.3 is 15.5 Å². The van der Waals surface area contributed by atoms with E-state index in [1.165, 1.54) is 24.5 Å². The number of thiazole rings is 1. The van der Waals surface area contributed by atoms with Crippen molar-refractivity contribution in [3.63, 3.8) is 0 Å². The fourth-order valence-electron chi connectivity index (χ4n) is 2.37. The molecule has 0 bridgehead atoms. The van der Waals surface area contributed by atoms with E-state index < -0.39 is 11.8 Å². The molecule has 2 amide bonds. The molecule has 0 saturated heterocycles. The molecule has 0 spiro atoms. The largest absolute Gasteiger partial charge is 0.508 e. The highest BCUT2D eigenvalue weighted by Crippen LogP contribution is 2.29. The number of carbonyl (C=O) groups is 2. The van der Waals surface area contributed by atoms with Crippen molar-refractivity contribution in [2.24, 2.45) is 0 Å². The maximum atomic E-state index is 12.5. The predicted molar refractivity (Wildman–Crippen MR) is 102 cm³/mol. The number of hydrogen-bond donors (Lipinski definition) is 4. The van der Waals surface area contributed by atoms with Crippen LogP contribution in [0.1, 0.15) is 31.3 Å². The summed E-state index contributed by atoms with van der Waals surface area (Å²) in [4.78, 5) is 32.7. The Bertz CT molecular complexity index is 1030. The van der Waals surface area contributed by atoms with Crippen LogP contribution >= 0.6 is 11.3 Å². The van der Waals surface area contributed by atoms with E-state index in [1.54, 1.807) is 19.1 Å². The van der Waals surface area contributed by atoms with E-state index >= 15 is 0 Å². The molecule has 8 nitrogen and oxygen atoms in total. The number of phenols is 1. The Morgan fingerprint density at radius 3 is 2.52 bits per heavy atom. The van der Waals surface area contributed by atoms with Crippen LogP contribution in [0.25, 0.3) is 0 Å². The van der Waals surface area contributed by atoms with Crippen molar-refractivity contribution in [1.29, 1.82) is 0 Å². The predicted octanol–water partition coefficient (Wildman–Crippen LogP) is 3.07. The Labute approximate surface area is 158 Å². The quantitative estimate of drug-likeness (QED) is 0.548. The van der Waals surface area contributed by atoms with Crippen LogP contribution in [0.3, 0.4) is 0 Å². The summed E-state index contributed by atoms with van der Waals surface area (Å²) in [5.74, 6) is -1.21. The van der Waals surface area contributed by atoms with Gasteiger partial charge in [0, 0.05) is 11.8 Å². The summed E-state index contributed by atoms with van der Waals surface area (Å²) >= 11 is 0.978. The fourth-order valence-corrected chi connectivity index (χ4v) is 3.08. The van der Waals surface area contributed by atoms with E-state index in [0.717, 1.165) is 16.9 Å². The summed E-state index contributed by atoms with van der Waals surface area (Å²) in [5.41, 5.74) is 1.76. The van der Waals surface area contributed by atoms with Crippen molar-refractivity contribution in [3.05, 3.63) is 58.4 Å². The van der Waals surface area contributed by atoms with Gasteiger partial charge in [-0.05, 0) is 37.6 Å². The van der Waals surface area contributed by atoms with Gasteiger partial charge in [-0.15, -0.1) is 0 Å². The van der Waals surface area contributed by atoms with Crippen LogP contribution in [0, 0.1) is 13.8 Å². The van der Waals surface area contributed by atoms with E-state index in [-0.39, 0.29) is 27.2 Å². The van der Waals surface area contributed by atoms with Gasteiger partial charge in [0.25, 0.3) is 11.8 Å². The van der Waals surface area contributed by atoms with E-state index in [9.17, 15) is 19.8 Å². The summed E-state index contributed by atoms with van der Waals surface area (Å²) in [6.07, 6.45) is 2.72. The lowest BCUT2D eigenvalue weighted by molar-refractivity contribution is 0.101. The summed E-state index contributed by atoms with van der Waals surface area (Å²) < 4.78 is 0. The third-order valence-corrected chi connectivity index (χ3v) is 4.75. The number of nitrogens with zero attached hydrogens (tertiary/aromatic N) is 2. The van der Waals surface area contributed by atoms with Crippen molar-refractivity contribution in [2.75, 3.05) is 10.6 Å². The third-order valence-electron chi connectivity index (χ3n) is 3.83. The molecule has 138 valence electrons. The molecule has 2 heterocycles. The lowest BCUT2D eigenvalue weighted by atomic mass is 10.1. The molecule has 0 radical (unpaired) electrons. The number of phenolic OH excluding ortho intramolecular Hbond substituents is 1. The van der Waals surface area contributed by atoms with Crippen molar-refractivity contribution in [3.8, 4) is 11.5 Å². The molecule has 4 N–H and O–H groups in total. The van der Waals surface area contributed by atoms with Gasteiger partial charge >= 0.3 is 0 Å². The summed E-state index contributed by atoms with van der Waals surface area (Å²) in [6.45, 7) is 3.52. The Kier molecular flexibility index (Phi) is 5.04. The summed E-state index contributed by atoms with van der Waals surface area (Å²) in [5, 5.41) is 24.9. The molecule has 0 atom stereocenters. The summed E-state index contributed by atoms with van der Waals surface area (Å²) in [7, 11) is 0. The second kappa shape index (κ2) is 7.42. The van der Waals surface area contributed by atoms with Gasteiger partial charge in [0.05, 0.1) is 11.9 Å². The number of rotatable bonds is 4. The highest BCUT2D eigenvalue weighted by molar-refractivity contribution is 7.17. The van der Waals surface area contributed by atoms with Crippen LogP contribution in [0.15, 0.2) is 36.7 Å². The maximum absolute atomic E-state index is 12.5. The standard InChI is InChI=1S/C18H16N4O4S/c1-9-5-6-11(23)10(2)14(9)21-16(25)13-8-20-18(27-13)22-17(26)15-12(24)4-3-7-19-15/h3-8,23-24H,1-2H3,(H,21,25)(H,20,22,26). The molecule has 0 aliphatic heterocycles. The van der Waals surface area contributed by atoms with E-state index in [4.69, 9.17) is 0 Å². The van der Waals surface area contributed by atoms with Gasteiger partial charge in [-0.25, -0.2) is 9.97 Å². The van der Waals surface area contributed by atoms with Gasteiger partial charge in [0.15, 0.2) is 10.8 Å². The van der Waals surface area contributed by atoms with Crippen LogP contribution in [-0.4, -0.2) is 32.0 Å². The number of pyridine rings is 1. The lowest BCUT2D eigenvalue weighted by Crippen LogP contribution is -2.13. The van der Waals surface area contributed by atoms with Crippen LogP contribution in [0.5, 0.6) is 11.5 Å². The zero-order valence-corrected chi connectivity index (χ0v) is 15.3. The van der Waals surface area contributed by atoms with Crippen LogP contribution in [-0.2, 0) is 0 Å². The first kappa shape index (κ1) is 18.3. The van der Waals surface area contributed by atoms with Gasteiger partial charge in [-0.1, -0.05) is 17.4 Å². The first-order chi connectivity index (χ1) is 12.9. The van der Waals surface area contributed by atoms with Crippen LogP contribution in [0.2, 0.25) is 0 Å². The van der Waals surface area contributed by atoms with Gasteiger partial charge in [0.1, 0.15) is 16.4 Å². The van der Waals surface area contributed by atoms with Crippen LogP contribution in [0.4, 0.5) is 10.8 Å². The molecule has 27 heavy (non-hydrogen) atoms. The van der Waals surface area contributed by atoms with E-state index in [0.29, 0.717) is 11.3 Å². The van der Waals surface area contributed by atoms with Gasteiger partial charge in [0.2, 0.25) is 0 Å². The van der Waals surface area contributed by atoms with Gasteiger partial charge in [-0.2, -0.15) is 0 Å². The molecule has 0 saturated carbocycles. The number of aromatic nitrogens is 2. The minimum absolute atomic E-state index is 0.0864. The van der Waals surface area contributed by atoms with Gasteiger partial charge in [-0.3, -0.25) is 14.9 Å². The van der Waals surface area contributed by atoms with Crippen molar-refractivity contribution in [2.45, 2.75) is 13.8 Å². The number of hydrogen-bond acceptors (Lipinski definition) is 7. The molecular weight excluding hydrogens is 368 g/mol.